The first-order chi connectivity index (χ1) is 9.06. The first-order valence-corrected chi connectivity index (χ1v) is 6.50. The zero-order chi connectivity index (χ0) is 13.8. The lowest BCUT2D eigenvalue weighted by Crippen LogP contribution is -2.41. The number of carbonyl (C=O) groups is 1. The van der Waals surface area contributed by atoms with E-state index in [1.54, 1.807) is 17.0 Å². The summed E-state index contributed by atoms with van der Waals surface area (Å²) >= 11 is 5.82. The zero-order valence-electron chi connectivity index (χ0n) is 10.4. The van der Waals surface area contributed by atoms with Crippen molar-refractivity contribution < 1.29 is 9.90 Å². The smallest absolute Gasteiger partial charge is 0.246 e. The number of β-amino-alcohol motifs (C(OH)–C–C–N with tert-alkyl or cyclic N) is 1. The van der Waals surface area contributed by atoms with Gasteiger partial charge in [-0.15, -0.1) is 0 Å². The van der Waals surface area contributed by atoms with E-state index >= 15 is 0 Å². The molecule has 1 saturated heterocycles. The van der Waals surface area contributed by atoms with Crippen molar-refractivity contribution in [2.45, 2.75) is 18.9 Å². The number of pyridine rings is 1. The Labute approximate surface area is 116 Å². The number of likely N-dealkylation sites (tertiary alicyclic amines) is 1. The molecule has 1 aromatic heterocycles. The number of anilines is 1. The highest BCUT2D eigenvalue weighted by Gasteiger charge is 2.20. The van der Waals surface area contributed by atoms with Crippen molar-refractivity contribution in [1.29, 1.82) is 0 Å². The summed E-state index contributed by atoms with van der Waals surface area (Å²) in [6.45, 7) is 1.05. The minimum Gasteiger partial charge on any atom is -0.391 e. The van der Waals surface area contributed by atoms with Crippen LogP contribution in [0.5, 0.6) is 0 Å². The van der Waals surface area contributed by atoms with Crippen LogP contribution in [0.4, 0.5) is 5.82 Å². The molecule has 1 fully saturated rings. The van der Waals surface area contributed by atoms with Crippen LogP contribution < -0.4 is 5.73 Å². The Morgan fingerprint density at radius 1 is 1.63 bits per heavy atom. The van der Waals surface area contributed by atoms with Crippen LogP contribution in [-0.2, 0) is 4.79 Å². The fourth-order valence-corrected chi connectivity index (χ4v) is 2.19. The normalized spacial score (nSPS) is 19.9. The average Bonchev–Trinajstić information content (AvgIpc) is 2.39. The Balaban J connectivity index is 2.05. The standard InChI is InChI=1S/C13H16ClN3O2/c14-10-6-9(13(15)16-7-10)3-4-12(19)17-5-1-2-11(18)8-17/h3-4,6-7,11,18H,1-2,5,8H2,(H2,15,16). The van der Waals surface area contributed by atoms with Gasteiger partial charge in [0.1, 0.15) is 5.82 Å². The number of hydrogen-bond donors (Lipinski definition) is 2. The van der Waals surface area contributed by atoms with Gasteiger partial charge in [-0.05, 0) is 25.0 Å². The third kappa shape index (κ3) is 3.68. The van der Waals surface area contributed by atoms with Gasteiger partial charge in [0.15, 0.2) is 0 Å². The minimum absolute atomic E-state index is 0.141. The third-order valence-electron chi connectivity index (χ3n) is 3.03. The molecule has 2 rings (SSSR count). The van der Waals surface area contributed by atoms with Gasteiger partial charge in [0.2, 0.25) is 5.91 Å². The molecule has 0 aliphatic carbocycles. The second-order valence-corrected chi connectivity index (χ2v) is 4.98. The van der Waals surface area contributed by atoms with Crippen LogP contribution in [0.25, 0.3) is 6.08 Å². The Hall–Kier alpha value is -1.59. The van der Waals surface area contributed by atoms with Gasteiger partial charge >= 0.3 is 0 Å². The van der Waals surface area contributed by atoms with Crippen molar-refractivity contribution >= 4 is 29.4 Å². The molecule has 1 atom stereocenters. The molecular weight excluding hydrogens is 266 g/mol. The Morgan fingerprint density at radius 3 is 3.16 bits per heavy atom. The molecule has 2 heterocycles. The maximum Gasteiger partial charge on any atom is 0.246 e. The van der Waals surface area contributed by atoms with Crippen LogP contribution in [0.3, 0.4) is 0 Å². The summed E-state index contributed by atoms with van der Waals surface area (Å²) in [7, 11) is 0. The molecule has 3 N–H and O–H groups in total. The van der Waals surface area contributed by atoms with Crippen molar-refractivity contribution in [3.63, 3.8) is 0 Å². The monoisotopic (exact) mass is 281 g/mol. The van der Waals surface area contributed by atoms with Crippen molar-refractivity contribution in [1.82, 2.24) is 9.88 Å². The van der Waals surface area contributed by atoms with Crippen LogP contribution in [0.2, 0.25) is 5.02 Å². The maximum absolute atomic E-state index is 11.9. The van der Waals surface area contributed by atoms with E-state index in [1.807, 2.05) is 0 Å². The number of hydrogen-bond acceptors (Lipinski definition) is 4. The Kier molecular flexibility index (Phi) is 4.39. The van der Waals surface area contributed by atoms with Crippen LogP contribution in [0.1, 0.15) is 18.4 Å². The van der Waals surface area contributed by atoms with Gasteiger partial charge in [-0.25, -0.2) is 4.98 Å². The van der Waals surface area contributed by atoms with E-state index < -0.39 is 6.10 Å². The van der Waals surface area contributed by atoms with Crippen molar-refractivity contribution in [2.24, 2.45) is 0 Å². The third-order valence-corrected chi connectivity index (χ3v) is 3.24. The van der Waals surface area contributed by atoms with Crippen molar-refractivity contribution in [3.8, 4) is 0 Å². The topological polar surface area (TPSA) is 79.5 Å². The number of halogens is 1. The molecule has 0 radical (unpaired) electrons. The molecular formula is C13H16ClN3O2. The van der Waals surface area contributed by atoms with Gasteiger partial charge in [0, 0.05) is 30.9 Å². The van der Waals surface area contributed by atoms with Crippen LogP contribution in [0, 0.1) is 0 Å². The number of carbonyl (C=O) groups excluding carboxylic acids is 1. The molecule has 0 spiro atoms. The van der Waals surface area contributed by atoms with Gasteiger partial charge in [-0.1, -0.05) is 11.6 Å². The summed E-state index contributed by atoms with van der Waals surface area (Å²) in [4.78, 5) is 17.5. The van der Waals surface area contributed by atoms with E-state index in [1.165, 1.54) is 12.3 Å². The maximum atomic E-state index is 11.9. The highest BCUT2D eigenvalue weighted by molar-refractivity contribution is 6.30. The molecule has 5 nitrogen and oxygen atoms in total. The van der Waals surface area contributed by atoms with Gasteiger partial charge < -0.3 is 15.7 Å². The van der Waals surface area contributed by atoms with E-state index in [9.17, 15) is 9.90 Å². The number of nitrogen functional groups attached to an aromatic ring is 1. The predicted octanol–water partition coefficient (Wildman–Crippen LogP) is 1.31. The number of nitrogens with two attached hydrogens (primary N) is 1. The van der Waals surface area contributed by atoms with Gasteiger partial charge in [-0.2, -0.15) is 0 Å². The number of aromatic nitrogens is 1. The van der Waals surface area contributed by atoms with E-state index in [4.69, 9.17) is 17.3 Å². The average molecular weight is 282 g/mol. The number of aliphatic hydroxyl groups excluding tert-OH is 1. The molecule has 0 aromatic carbocycles. The van der Waals surface area contributed by atoms with Gasteiger partial charge in [-0.3, -0.25) is 4.79 Å². The largest absolute Gasteiger partial charge is 0.391 e. The Bertz CT molecular complexity index is 505. The first-order valence-electron chi connectivity index (χ1n) is 6.12. The summed E-state index contributed by atoms with van der Waals surface area (Å²) in [5, 5.41) is 10.00. The quantitative estimate of drug-likeness (QED) is 0.801. The van der Waals surface area contributed by atoms with E-state index in [2.05, 4.69) is 4.98 Å². The molecule has 1 aliphatic heterocycles. The molecule has 19 heavy (non-hydrogen) atoms. The van der Waals surface area contributed by atoms with Gasteiger partial charge in [0.25, 0.3) is 0 Å². The molecule has 6 heteroatoms. The molecule has 1 unspecified atom stereocenters. The second-order valence-electron chi connectivity index (χ2n) is 4.54. The fourth-order valence-electron chi connectivity index (χ4n) is 2.02. The number of amides is 1. The number of aliphatic hydroxyl groups is 1. The highest BCUT2D eigenvalue weighted by atomic mass is 35.5. The molecule has 1 aromatic rings. The van der Waals surface area contributed by atoms with Gasteiger partial charge in [0.05, 0.1) is 11.1 Å². The summed E-state index contributed by atoms with van der Waals surface area (Å²) < 4.78 is 0. The molecule has 0 saturated carbocycles. The molecule has 102 valence electrons. The second kappa shape index (κ2) is 6.04. The number of rotatable bonds is 2. The summed E-state index contributed by atoms with van der Waals surface area (Å²) in [6, 6.07) is 1.65. The summed E-state index contributed by atoms with van der Waals surface area (Å²) in [5.74, 6) is 0.185. The summed E-state index contributed by atoms with van der Waals surface area (Å²) in [6.07, 6.45) is 5.63. The van der Waals surface area contributed by atoms with E-state index in [0.717, 1.165) is 12.8 Å². The lowest BCUT2D eigenvalue weighted by molar-refractivity contribution is -0.128. The zero-order valence-corrected chi connectivity index (χ0v) is 11.2. The predicted molar refractivity (Wildman–Crippen MR) is 74.5 cm³/mol. The minimum atomic E-state index is -0.427. The lowest BCUT2D eigenvalue weighted by Gasteiger charge is -2.29. The Morgan fingerprint density at radius 2 is 2.42 bits per heavy atom. The number of piperidine rings is 1. The fraction of sp³-hybridized carbons (Fsp3) is 0.385. The summed E-state index contributed by atoms with van der Waals surface area (Å²) in [5.41, 5.74) is 6.30. The van der Waals surface area contributed by atoms with Crippen molar-refractivity contribution in [2.75, 3.05) is 18.8 Å². The molecule has 1 aliphatic rings. The van der Waals surface area contributed by atoms with E-state index in [-0.39, 0.29) is 5.91 Å². The number of nitrogens with zero attached hydrogens (tertiary/aromatic N) is 2. The highest BCUT2D eigenvalue weighted by Crippen LogP contribution is 2.17. The molecule has 0 bridgehead atoms. The SMILES string of the molecule is Nc1ncc(Cl)cc1C=CC(=O)N1CCCC(O)C1. The van der Waals surface area contributed by atoms with Crippen LogP contribution in [0.15, 0.2) is 18.3 Å². The van der Waals surface area contributed by atoms with Crippen molar-refractivity contribution in [3.05, 3.63) is 28.9 Å². The lowest BCUT2D eigenvalue weighted by atomic mass is 10.1. The van der Waals surface area contributed by atoms with E-state index in [0.29, 0.717) is 29.5 Å². The van der Waals surface area contributed by atoms with Crippen LogP contribution >= 0.6 is 11.6 Å². The van der Waals surface area contributed by atoms with Crippen LogP contribution in [-0.4, -0.2) is 40.1 Å². The first kappa shape index (κ1) is 13.8. The molecule has 1 amide bonds.